The van der Waals surface area contributed by atoms with Gasteiger partial charge in [-0.25, -0.2) is 13.4 Å². The first-order valence-electron chi connectivity index (χ1n) is 8.29. The number of amides is 1. The number of pyridine rings is 1. The van der Waals surface area contributed by atoms with Gasteiger partial charge in [0.05, 0.1) is 16.1 Å². The van der Waals surface area contributed by atoms with Crippen molar-refractivity contribution in [2.45, 2.75) is 18.7 Å². The van der Waals surface area contributed by atoms with Gasteiger partial charge in [0.1, 0.15) is 5.82 Å². The van der Waals surface area contributed by atoms with Crippen molar-refractivity contribution < 1.29 is 13.2 Å². The number of carbonyl (C=O) groups excluding carboxylic acids is 1. The van der Waals surface area contributed by atoms with Gasteiger partial charge in [0.15, 0.2) is 0 Å². The summed E-state index contributed by atoms with van der Waals surface area (Å²) in [6.07, 6.45) is 0. The van der Waals surface area contributed by atoms with E-state index in [2.05, 4.69) is 15.0 Å². The topological polar surface area (TPSA) is 88.2 Å². The number of hydrogen-bond acceptors (Lipinski definition) is 4. The van der Waals surface area contributed by atoms with E-state index < -0.39 is 15.9 Å². The smallest absolute Gasteiger partial charge is 0.261 e. The van der Waals surface area contributed by atoms with Gasteiger partial charge in [0, 0.05) is 5.69 Å². The summed E-state index contributed by atoms with van der Waals surface area (Å²) >= 11 is 0. The molecule has 0 radical (unpaired) electrons. The fourth-order valence-electron chi connectivity index (χ4n) is 2.49. The van der Waals surface area contributed by atoms with Crippen LogP contribution in [-0.4, -0.2) is 19.3 Å². The molecule has 0 fully saturated rings. The Morgan fingerprint density at radius 3 is 2.30 bits per heavy atom. The molecule has 27 heavy (non-hydrogen) atoms. The van der Waals surface area contributed by atoms with Crippen LogP contribution in [0, 0.1) is 13.8 Å². The molecule has 0 atom stereocenters. The highest BCUT2D eigenvalue weighted by atomic mass is 32.2. The number of aryl methyl sites for hydroxylation is 2. The molecular weight excluding hydrogens is 362 g/mol. The van der Waals surface area contributed by atoms with E-state index >= 15 is 0 Å². The van der Waals surface area contributed by atoms with Crippen molar-refractivity contribution in [2.75, 3.05) is 10.0 Å². The molecule has 0 unspecified atom stereocenters. The highest BCUT2D eigenvalue weighted by Gasteiger charge is 2.18. The van der Waals surface area contributed by atoms with E-state index in [1.807, 2.05) is 19.9 Å². The molecule has 3 rings (SSSR count). The van der Waals surface area contributed by atoms with Crippen LogP contribution in [0.1, 0.15) is 21.6 Å². The molecule has 1 aromatic heterocycles. The lowest BCUT2D eigenvalue weighted by atomic mass is 10.1. The number of nitrogens with zero attached hydrogens (tertiary/aromatic N) is 1. The standard InChI is InChI=1S/C20H19N3O3S/c1-14-10-12-16(13-11-14)27(25,26)23-18-8-4-3-7-17(18)20(24)22-19-9-5-6-15(2)21-19/h3-13,23H,1-2H3,(H,21,22,24). The Labute approximate surface area is 158 Å². The van der Waals surface area contributed by atoms with Crippen molar-refractivity contribution in [1.82, 2.24) is 4.98 Å². The van der Waals surface area contributed by atoms with Crippen LogP contribution in [0.5, 0.6) is 0 Å². The van der Waals surface area contributed by atoms with Crippen molar-refractivity contribution in [3.8, 4) is 0 Å². The van der Waals surface area contributed by atoms with E-state index in [1.165, 1.54) is 12.1 Å². The molecule has 0 bridgehead atoms. The van der Waals surface area contributed by atoms with Crippen molar-refractivity contribution >= 4 is 27.4 Å². The molecule has 0 saturated heterocycles. The first-order valence-corrected chi connectivity index (χ1v) is 9.77. The van der Waals surface area contributed by atoms with E-state index in [9.17, 15) is 13.2 Å². The Kier molecular flexibility index (Phi) is 5.23. The molecular formula is C20H19N3O3S. The normalized spacial score (nSPS) is 11.0. The largest absolute Gasteiger partial charge is 0.306 e. The summed E-state index contributed by atoms with van der Waals surface area (Å²) in [5.74, 6) is -0.0495. The summed E-state index contributed by atoms with van der Waals surface area (Å²) in [7, 11) is -3.81. The molecule has 0 aliphatic rings. The fraction of sp³-hybridized carbons (Fsp3) is 0.100. The number of sulfonamides is 1. The van der Waals surface area contributed by atoms with Gasteiger partial charge in [0.2, 0.25) is 0 Å². The maximum Gasteiger partial charge on any atom is 0.261 e. The Balaban J connectivity index is 1.87. The molecule has 0 aliphatic heterocycles. The van der Waals surface area contributed by atoms with Gasteiger partial charge in [-0.2, -0.15) is 0 Å². The molecule has 2 aromatic carbocycles. The maximum absolute atomic E-state index is 12.6. The lowest BCUT2D eigenvalue weighted by Gasteiger charge is -2.13. The maximum atomic E-state index is 12.6. The Morgan fingerprint density at radius 1 is 0.889 bits per heavy atom. The second-order valence-corrected chi connectivity index (χ2v) is 7.76. The Morgan fingerprint density at radius 2 is 1.59 bits per heavy atom. The van der Waals surface area contributed by atoms with Gasteiger partial charge in [-0.15, -0.1) is 0 Å². The predicted molar refractivity (Wildman–Crippen MR) is 105 cm³/mol. The van der Waals surface area contributed by atoms with Crippen LogP contribution in [0.15, 0.2) is 71.6 Å². The summed E-state index contributed by atoms with van der Waals surface area (Å²) in [6, 6.07) is 18.2. The minimum Gasteiger partial charge on any atom is -0.306 e. The highest BCUT2D eigenvalue weighted by Crippen LogP contribution is 2.21. The number of hydrogen-bond donors (Lipinski definition) is 2. The summed E-state index contributed by atoms with van der Waals surface area (Å²) < 4.78 is 27.8. The molecule has 7 heteroatoms. The lowest BCUT2D eigenvalue weighted by molar-refractivity contribution is 0.102. The van der Waals surface area contributed by atoms with E-state index in [-0.39, 0.29) is 16.1 Å². The number of para-hydroxylation sites is 1. The number of benzene rings is 2. The SMILES string of the molecule is Cc1ccc(S(=O)(=O)Nc2ccccc2C(=O)Nc2cccc(C)n2)cc1. The molecule has 0 aliphatic carbocycles. The van der Waals surface area contributed by atoms with Gasteiger partial charge >= 0.3 is 0 Å². The number of rotatable bonds is 5. The number of anilines is 2. The monoisotopic (exact) mass is 381 g/mol. The third-order valence-electron chi connectivity index (χ3n) is 3.88. The molecule has 2 N–H and O–H groups in total. The minimum atomic E-state index is -3.81. The predicted octanol–water partition coefficient (Wildman–Crippen LogP) is 3.75. The third kappa shape index (κ3) is 4.51. The lowest BCUT2D eigenvalue weighted by Crippen LogP contribution is -2.19. The number of nitrogens with one attached hydrogen (secondary N) is 2. The van der Waals surface area contributed by atoms with Crippen LogP contribution >= 0.6 is 0 Å². The van der Waals surface area contributed by atoms with Crippen LogP contribution in [0.3, 0.4) is 0 Å². The van der Waals surface area contributed by atoms with Crippen molar-refractivity contribution in [3.05, 3.63) is 83.6 Å². The molecule has 1 heterocycles. The van der Waals surface area contributed by atoms with Crippen LogP contribution in [0.4, 0.5) is 11.5 Å². The molecule has 0 spiro atoms. The Bertz CT molecular complexity index is 1080. The van der Waals surface area contributed by atoms with Gasteiger partial charge < -0.3 is 5.32 Å². The molecule has 3 aromatic rings. The second kappa shape index (κ2) is 7.59. The van der Waals surface area contributed by atoms with E-state index in [4.69, 9.17) is 0 Å². The molecule has 1 amide bonds. The third-order valence-corrected chi connectivity index (χ3v) is 5.26. The molecule has 6 nitrogen and oxygen atoms in total. The molecule has 0 saturated carbocycles. The first-order chi connectivity index (χ1) is 12.8. The van der Waals surface area contributed by atoms with Crippen LogP contribution in [0.25, 0.3) is 0 Å². The Hall–Kier alpha value is -3.19. The summed E-state index contributed by atoms with van der Waals surface area (Å²) in [6.45, 7) is 3.70. The average molecular weight is 381 g/mol. The van der Waals surface area contributed by atoms with Gasteiger partial charge in [-0.3, -0.25) is 9.52 Å². The number of carbonyl (C=O) groups is 1. The zero-order valence-corrected chi connectivity index (χ0v) is 15.7. The molecule has 138 valence electrons. The van der Waals surface area contributed by atoms with Crippen molar-refractivity contribution in [3.63, 3.8) is 0 Å². The highest BCUT2D eigenvalue weighted by molar-refractivity contribution is 7.92. The van der Waals surface area contributed by atoms with E-state index in [0.29, 0.717) is 5.82 Å². The van der Waals surface area contributed by atoms with Crippen LogP contribution in [-0.2, 0) is 10.0 Å². The van der Waals surface area contributed by atoms with E-state index in [0.717, 1.165) is 11.3 Å². The summed E-state index contributed by atoms with van der Waals surface area (Å²) in [4.78, 5) is 17.0. The van der Waals surface area contributed by atoms with E-state index in [1.54, 1.807) is 48.5 Å². The zero-order valence-electron chi connectivity index (χ0n) is 14.9. The minimum absolute atomic E-state index is 0.128. The van der Waals surface area contributed by atoms with Gasteiger partial charge in [-0.1, -0.05) is 35.9 Å². The quantitative estimate of drug-likeness (QED) is 0.704. The zero-order chi connectivity index (χ0) is 19.4. The average Bonchev–Trinajstić information content (AvgIpc) is 2.62. The first kappa shape index (κ1) is 18.6. The van der Waals surface area contributed by atoms with Gasteiger partial charge in [-0.05, 0) is 50.2 Å². The van der Waals surface area contributed by atoms with Crippen molar-refractivity contribution in [1.29, 1.82) is 0 Å². The summed E-state index contributed by atoms with van der Waals surface area (Å²) in [5.41, 5.74) is 2.13. The second-order valence-electron chi connectivity index (χ2n) is 6.08. The van der Waals surface area contributed by atoms with Crippen LogP contribution in [0.2, 0.25) is 0 Å². The van der Waals surface area contributed by atoms with Gasteiger partial charge in [0.25, 0.3) is 15.9 Å². The fourth-order valence-corrected chi connectivity index (χ4v) is 3.57. The number of aromatic nitrogens is 1. The van der Waals surface area contributed by atoms with Crippen molar-refractivity contribution in [2.24, 2.45) is 0 Å². The van der Waals surface area contributed by atoms with Crippen LogP contribution < -0.4 is 10.0 Å². The summed E-state index contributed by atoms with van der Waals surface area (Å²) in [5, 5.41) is 2.69.